The van der Waals surface area contributed by atoms with E-state index in [4.69, 9.17) is 25.4 Å². The lowest BCUT2D eigenvalue weighted by atomic mass is 10.1. The average molecular weight is 1690 g/mol. The Bertz CT molecular complexity index is 7040. The predicted molar refractivity (Wildman–Crippen MR) is 437 cm³/mol. The summed E-state index contributed by atoms with van der Waals surface area (Å²) in [6.45, 7) is 6.82. The molecule has 1 fully saturated rings. The number of hydrogen-bond donors (Lipinski definition) is 5. The van der Waals surface area contributed by atoms with Crippen molar-refractivity contribution < 1.29 is 75.3 Å². The lowest BCUT2D eigenvalue weighted by Gasteiger charge is -2.13. The second-order valence-electron chi connectivity index (χ2n) is 26.2. The molecule has 1 aliphatic rings. The van der Waals surface area contributed by atoms with Crippen LogP contribution in [0.4, 0.5) is 40.3 Å². The first kappa shape index (κ1) is 84.3. The fourth-order valence-corrected chi connectivity index (χ4v) is 15.5. The maximum Gasteiger partial charge on any atom is 0.264 e. The van der Waals surface area contributed by atoms with E-state index < -0.39 is 78.8 Å². The molecule has 0 bridgehead atoms. The van der Waals surface area contributed by atoms with Gasteiger partial charge in [0.2, 0.25) is 43.6 Å². The van der Waals surface area contributed by atoms with Gasteiger partial charge < -0.3 is 24.1 Å². The number of fused-ring (bicyclic) bond motifs is 4. The first-order valence-electron chi connectivity index (χ1n) is 35.2. The molecule has 0 amide bonds. The summed E-state index contributed by atoms with van der Waals surface area (Å²) in [5.74, 6) is 16.1. The van der Waals surface area contributed by atoms with Crippen molar-refractivity contribution in [3.63, 3.8) is 0 Å². The van der Waals surface area contributed by atoms with Crippen LogP contribution in [0.1, 0.15) is 69.7 Å². The number of nitrogens with one attached hydrogen (secondary N) is 4. The minimum atomic E-state index is -4.41. The molecule has 0 atom stereocenters. The molecule has 2 aromatic carbocycles. The molecule has 5 N–H and O–H groups in total. The van der Waals surface area contributed by atoms with Crippen LogP contribution in [0, 0.1) is 71.1 Å². The Kier molecular flexibility index (Phi) is 24.9. The number of anilines is 4. The summed E-state index contributed by atoms with van der Waals surface area (Å²) >= 11 is 0. The number of pyridine rings is 7. The molecule has 30 nitrogen and oxygen atoms in total. The number of halogens is 4. The summed E-state index contributed by atoms with van der Waals surface area (Å²) in [5, 5.41) is 14.0. The van der Waals surface area contributed by atoms with Gasteiger partial charge in [-0.2, -0.15) is 5.10 Å². The zero-order chi connectivity index (χ0) is 85.3. The predicted octanol–water partition coefficient (Wildman–Crippen LogP) is 11.7. The van der Waals surface area contributed by atoms with Gasteiger partial charge in [-0.25, -0.2) is 95.6 Å². The second-order valence-corrected chi connectivity index (χ2v) is 33.2. The maximum atomic E-state index is 14.1. The lowest BCUT2D eigenvalue weighted by molar-refractivity contribution is 0.143. The normalized spacial score (nSPS) is 11.9. The van der Waals surface area contributed by atoms with E-state index in [1.54, 1.807) is 114 Å². The Morgan fingerprint density at radius 3 is 1.29 bits per heavy atom. The van der Waals surface area contributed by atoms with E-state index in [2.05, 4.69) is 105 Å². The zero-order valence-electron chi connectivity index (χ0n) is 64.3. The number of ether oxygens (including phenoxy) is 4. The number of imidazole rings is 4. The Hall–Kier alpha value is -14.2. The highest BCUT2D eigenvalue weighted by Gasteiger charge is 2.37. The van der Waals surface area contributed by atoms with Crippen LogP contribution in [-0.2, 0) is 40.1 Å². The van der Waals surface area contributed by atoms with Crippen molar-refractivity contribution in [2.24, 2.45) is 0 Å². The highest BCUT2D eigenvalue weighted by atomic mass is 32.2. The Morgan fingerprint density at radius 1 is 0.479 bits per heavy atom. The second kappa shape index (κ2) is 35.1. The third-order valence-corrected chi connectivity index (χ3v) is 22.3. The largest absolute Gasteiger partial charge is 0.480 e. The van der Waals surface area contributed by atoms with E-state index >= 15 is 0 Å². The molecule has 12 heterocycles. The number of benzene rings is 2. The molecule has 15 rings (SSSR count). The van der Waals surface area contributed by atoms with Gasteiger partial charge in [0.05, 0.1) is 70.4 Å². The molecular weight excluding hydrogens is 1620 g/mol. The van der Waals surface area contributed by atoms with Crippen molar-refractivity contribution in [1.82, 2.24) is 62.7 Å². The van der Waals surface area contributed by atoms with Gasteiger partial charge in [-0.1, -0.05) is 30.6 Å². The monoisotopic (exact) mass is 1690 g/mol. The molecule has 12 aromatic heterocycles. The van der Waals surface area contributed by atoms with Crippen LogP contribution >= 0.6 is 0 Å². The van der Waals surface area contributed by atoms with E-state index in [9.17, 15) is 56.3 Å². The van der Waals surface area contributed by atoms with Gasteiger partial charge in [-0.3, -0.25) is 32.1 Å². The van der Waals surface area contributed by atoms with Crippen molar-refractivity contribution in [2.75, 3.05) is 53.6 Å². The quantitative estimate of drug-likeness (QED) is 0.0371. The highest BCUT2D eigenvalue weighted by molar-refractivity contribution is 7.94. The summed E-state index contributed by atoms with van der Waals surface area (Å²) in [5.41, 5.74) is 9.81. The molecule has 1 saturated carbocycles. The maximum absolute atomic E-state index is 14.1. The Morgan fingerprint density at radius 2 is 0.874 bits per heavy atom. The van der Waals surface area contributed by atoms with Crippen molar-refractivity contribution in [2.45, 2.75) is 67.6 Å². The Balaban J connectivity index is 0.000000147. The standard InChI is InChI=1S/C24H20F2N4O4S.C21H15F2N5O3S.C20H20N4O3S.C16H14N4O3S/c1-24(2,31)9-8-18-13-27-22-7-4-15(14-30(18)22)16-10-20(23(34-3)28-12-16)29-35(32,33)21-6-5-17(25)11-19(21)26;1-3-4-15-12-24-20-8-6-17(26-28(15)20)13-9-18(21(31-2)25-11-13)27-32(29,30)19-7-5-14(22)10-16(19)23;1-3-4-5-16-12-21-19-9-6-14(13-24(16)19)15-10-18(20(27-2)22-11-15)23-28(25,26)17-7-8-17;1-4-13-9-17-15-6-5-11(10-20(13)15)12-7-14(19-24(3,21)22)16(23-2)18-8-12/h4-7,10-14,29,31H,1-3H3;5-12,27H,1-2H3;6,9-13,17,23H,3,7-8H2,1-2H3;1,5-10,19H,2-3H3. The van der Waals surface area contributed by atoms with Gasteiger partial charge in [0.25, 0.3) is 20.0 Å². The lowest BCUT2D eigenvalue weighted by Crippen LogP contribution is -2.18. The number of methoxy groups -OCH3 is 4. The molecule has 608 valence electrons. The van der Waals surface area contributed by atoms with E-state index in [0.717, 1.165) is 70.6 Å². The highest BCUT2D eigenvalue weighted by Crippen LogP contribution is 2.37. The topological polar surface area (TPSA) is 375 Å². The van der Waals surface area contributed by atoms with Gasteiger partial charge in [0.15, 0.2) is 5.65 Å². The molecule has 119 heavy (non-hydrogen) atoms. The molecule has 0 unspecified atom stereocenters. The minimum Gasteiger partial charge on any atom is -0.480 e. The number of sulfonamides is 4. The van der Waals surface area contributed by atoms with Crippen LogP contribution in [0.3, 0.4) is 0 Å². The van der Waals surface area contributed by atoms with Crippen molar-refractivity contribution >= 4 is 85.4 Å². The first-order chi connectivity index (χ1) is 56.7. The third-order valence-electron chi connectivity index (χ3n) is 17.0. The average Bonchev–Trinajstić information content (AvgIpc) is 1.78. The van der Waals surface area contributed by atoms with Crippen LogP contribution in [0.5, 0.6) is 23.5 Å². The summed E-state index contributed by atoms with van der Waals surface area (Å²) in [6, 6.07) is 25.1. The number of terminal acetylenes is 1. The number of aliphatic hydroxyl groups is 1. The van der Waals surface area contributed by atoms with Crippen LogP contribution < -0.4 is 37.8 Å². The van der Waals surface area contributed by atoms with Crippen molar-refractivity contribution in [1.29, 1.82) is 0 Å². The Labute approximate surface area is 680 Å². The molecule has 0 radical (unpaired) electrons. The summed E-state index contributed by atoms with van der Waals surface area (Å²) in [4.78, 5) is 32.3. The number of nitrogens with zero attached hydrogens (tertiary/aromatic N) is 13. The van der Waals surface area contributed by atoms with Gasteiger partial charge in [-0.05, 0) is 148 Å². The van der Waals surface area contributed by atoms with Gasteiger partial charge in [0.1, 0.15) is 101 Å². The van der Waals surface area contributed by atoms with Crippen LogP contribution in [0.2, 0.25) is 0 Å². The van der Waals surface area contributed by atoms with Crippen molar-refractivity contribution in [3.8, 4) is 116 Å². The minimum absolute atomic E-state index is 0.0403. The SMILES string of the molecule is C#Cc1cnc2ccc(-c3cnc(OC)c(NS(C)(=O)=O)c3)cn12.CC#Cc1cnc2ccc(-c3cnc(OC)c(NS(=O)(=O)c4ccc(F)cc4F)c3)nn12.CCC#Cc1cnc2ccc(-c3cnc(OC)c(NS(=O)(=O)C4CC4)c3)cn12.COc1ncc(-c2ccc3ncc(C#CC(C)(C)O)n3c2)cc1NS(=O)(=O)c1ccc(F)cc1F. The number of rotatable bonds is 19. The van der Waals surface area contributed by atoms with Gasteiger partial charge >= 0.3 is 0 Å². The number of aromatic nitrogens is 13. The smallest absolute Gasteiger partial charge is 0.264 e. The van der Waals surface area contributed by atoms with Gasteiger partial charge in [0, 0.05) is 101 Å². The molecule has 0 saturated heterocycles. The van der Waals surface area contributed by atoms with E-state index in [1.807, 2.05) is 48.0 Å². The molecule has 0 aliphatic heterocycles. The molecule has 1 aliphatic carbocycles. The van der Waals surface area contributed by atoms with E-state index in [0.29, 0.717) is 87.0 Å². The molecule has 0 spiro atoms. The van der Waals surface area contributed by atoms with Crippen molar-refractivity contribution in [3.05, 3.63) is 223 Å². The van der Waals surface area contributed by atoms with Crippen LogP contribution in [-0.4, -0.2) is 147 Å². The fraction of sp³-hybridized carbons (Fsp3) is 0.173. The first-order valence-corrected chi connectivity index (χ1v) is 41.6. The summed E-state index contributed by atoms with van der Waals surface area (Å²) in [6.07, 6.45) is 26.8. The third kappa shape index (κ3) is 20.0. The molecular formula is C81H69F4N17O13S4. The molecule has 14 aromatic rings. The number of hydrogen-bond acceptors (Lipinski definition) is 22. The summed E-state index contributed by atoms with van der Waals surface area (Å²) < 4.78 is 190. The van der Waals surface area contributed by atoms with Crippen LogP contribution in [0.25, 0.3) is 67.2 Å². The fourth-order valence-electron chi connectivity index (χ4n) is 11.3. The van der Waals surface area contributed by atoms with Gasteiger partial charge in [-0.15, -0.1) is 6.42 Å². The zero-order valence-corrected chi connectivity index (χ0v) is 67.6. The molecule has 38 heteroatoms. The summed E-state index contributed by atoms with van der Waals surface area (Å²) in [7, 11) is -10.2. The van der Waals surface area contributed by atoms with E-state index in [1.165, 1.54) is 53.0 Å². The van der Waals surface area contributed by atoms with E-state index in [-0.39, 0.29) is 45.8 Å². The van der Waals surface area contributed by atoms with Crippen LogP contribution in [0.15, 0.2) is 187 Å².